The predicted octanol–water partition coefficient (Wildman–Crippen LogP) is 6.89. The van der Waals surface area contributed by atoms with Gasteiger partial charge in [0.2, 0.25) is 0 Å². The molecule has 0 aliphatic carbocycles. The van der Waals surface area contributed by atoms with Gasteiger partial charge in [-0.2, -0.15) is 0 Å². The minimum absolute atomic E-state index is 0. The van der Waals surface area contributed by atoms with Gasteiger partial charge in [-0.25, -0.2) is 0 Å². The van der Waals surface area contributed by atoms with Gasteiger partial charge in [0.15, 0.2) is 5.52 Å². The van der Waals surface area contributed by atoms with Crippen LogP contribution in [0.15, 0.2) is 36.4 Å². The Labute approximate surface area is 204 Å². The van der Waals surface area contributed by atoms with Crippen LogP contribution in [-0.2, 0) is 0 Å². The van der Waals surface area contributed by atoms with Crippen molar-refractivity contribution < 1.29 is 14.3 Å². The van der Waals surface area contributed by atoms with Gasteiger partial charge in [-0.05, 0) is 45.7 Å². The zero-order chi connectivity index (χ0) is 21.1. The quantitative estimate of drug-likeness (QED) is 0.185. The molecule has 0 aliphatic heterocycles. The molecular weight excluding hydrogens is 433 g/mol. The van der Waals surface area contributed by atoms with Gasteiger partial charge in [-0.15, -0.1) is 0 Å². The predicted molar refractivity (Wildman–Crippen MR) is 131 cm³/mol. The average molecular weight is 462 g/mol. The van der Waals surface area contributed by atoms with E-state index in [4.69, 9.17) is 32.7 Å². The summed E-state index contributed by atoms with van der Waals surface area (Å²) in [4.78, 5) is 12.9. The molecule has 7 heteroatoms. The van der Waals surface area contributed by atoms with E-state index in [1.54, 1.807) is 18.2 Å². The van der Waals surface area contributed by atoms with E-state index in [0.29, 0.717) is 34.6 Å². The van der Waals surface area contributed by atoms with E-state index in [-0.39, 0.29) is 33.0 Å². The summed E-state index contributed by atoms with van der Waals surface area (Å²) in [6.45, 7) is 5.62. The van der Waals surface area contributed by atoms with E-state index >= 15 is 0 Å². The van der Waals surface area contributed by atoms with E-state index in [2.05, 4.69) is 13.8 Å². The van der Waals surface area contributed by atoms with E-state index in [1.165, 1.54) is 0 Å². The monoisotopic (exact) mass is 461 g/mol. The number of hydrogen-bond donors (Lipinski definition) is 0. The molecule has 0 aliphatic rings. The van der Waals surface area contributed by atoms with E-state index in [1.807, 2.05) is 18.2 Å². The molecule has 0 aromatic heterocycles. The van der Waals surface area contributed by atoms with Crippen molar-refractivity contribution in [3.63, 3.8) is 0 Å². The minimum atomic E-state index is -0.130. The van der Waals surface area contributed by atoms with E-state index < -0.39 is 0 Å². The standard InChI is InChI=1S/C23H29Cl2O3P.Li/c1-3-5-7-14-27-17-12-13-21(20(16-17)28-15-8-6-4-2)29-23(26)22-18(24)10-9-11-19(22)25;/h9-13,16,29H,3-8,14-15H2,1-2H3;. The molecule has 0 saturated heterocycles. The summed E-state index contributed by atoms with van der Waals surface area (Å²) in [6, 6.07) is 10.8. The van der Waals surface area contributed by atoms with Gasteiger partial charge >= 0.3 is 0 Å². The fourth-order valence-electron chi connectivity index (χ4n) is 2.79. The van der Waals surface area contributed by atoms with E-state index in [9.17, 15) is 4.79 Å². The zero-order valence-corrected chi connectivity index (χ0v) is 20.6. The van der Waals surface area contributed by atoms with Crippen LogP contribution >= 0.6 is 31.8 Å². The summed E-state index contributed by atoms with van der Waals surface area (Å²) < 4.78 is 11.9. The molecule has 0 heterocycles. The maximum absolute atomic E-state index is 12.9. The Bertz CT molecular complexity index is 782. The minimum Gasteiger partial charge on any atom is -0.493 e. The Kier molecular flexibility index (Phi) is 13.8. The maximum atomic E-state index is 12.9. The Hall–Kier alpha value is -0.683. The Morgan fingerprint density at radius 2 is 1.50 bits per heavy atom. The SMILES string of the molecule is CCCCCOc1ccc(PC(=O)c2c(Cl)cccc2Cl)c(OCCCCC)c1.[Li]. The molecule has 0 bridgehead atoms. The van der Waals surface area contributed by atoms with Crippen LogP contribution in [0.25, 0.3) is 0 Å². The van der Waals surface area contributed by atoms with Crippen molar-refractivity contribution >= 4 is 61.5 Å². The Balaban J connectivity index is 0.00000450. The molecule has 0 fully saturated rings. The second kappa shape index (κ2) is 15.2. The Morgan fingerprint density at radius 3 is 2.10 bits per heavy atom. The van der Waals surface area contributed by atoms with Crippen molar-refractivity contribution in [2.45, 2.75) is 52.4 Å². The van der Waals surface area contributed by atoms with Crippen LogP contribution in [0, 0.1) is 0 Å². The average Bonchev–Trinajstić information content (AvgIpc) is 2.70. The van der Waals surface area contributed by atoms with Gasteiger partial charge in [-0.1, -0.05) is 68.8 Å². The molecular formula is C23H29Cl2LiO3P. The van der Waals surface area contributed by atoms with Crippen molar-refractivity contribution in [2.75, 3.05) is 13.2 Å². The summed E-state index contributed by atoms with van der Waals surface area (Å²) in [6.07, 6.45) is 6.54. The Morgan fingerprint density at radius 1 is 0.900 bits per heavy atom. The van der Waals surface area contributed by atoms with Crippen LogP contribution in [0.3, 0.4) is 0 Å². The number of carbonyl (C=O) groups is 1. The fourth-order valence-corrected chi connectivity index (χ4v) is 4.59. The summed E-state index contributed by atoms with van der Waals surface area (Å²) in [7, 11) is -0.130. The number of rotatable bonds is 13. The molecule has 0 amide bonds. The zero-order valence-electron chi connectivity index (χ0n) is 18.1. The normalized spacial score (nSPS) is 10.8. The number of halogens is 2. The third-order valence-electron chi connectivity index (χ3n) is 4.41. The van der Waals surface area contributed by atoms with Gasteiger partial charge in [-0.3, -0.25) is 4.79 Å². The van der Waals surface area contributed by atoms with Gasteiger partial charge in [0.05, 0.1) is 28.8 Å². The topological polar surface area (TPSA) is 35.5 Å². The van der Waals surface area contributed by atoms with Gasteiger partial charge < -0.3 is 9.47 Å². The molecule has 1 atom stereocenters. The van der Waals surface area contributed by atoms with Crippen LogP contribution in [-0.4, -0.2) is 37.6 Å². The second-order valence-electron chi connectivity index (χ2n) is 6.82. The molecule has 3 nitrogen and oxygen atoms in total. The van der Waals surface area contributed by atoms with Crippen LogP contribution in [0.2, 0.25) is 10.0 Å². The van der Waals surface area contributed by atoms with Crippen LogP contribution < -0.4 is 14.8 Å². The number of unbranched alkanes of at least 4 members (excludes halogenated alkanes) is 4. The summed E-state index contributed by atoms with van der Waals surface area (Å²) >= 11 is 12.4. The largest absolute Gasteiger partial charge is 0.493 e. The van der Waals surface area contributed by atoms with Crippen LogP contribution in [0.4, 0.5) is 0 Å². The first-order valence-electron chi connectivity index (χ1n) is 10.2. The van der Waals surface area contributed by atoms with Crippen LogP contribution in [0.1, 0.15) is 62.7 Å². The van der Waals surface area contributed by atoms with Gasteiger partial charge in [0.1, 0.15) is 11.5 Å². The molecule has 159 valence electrons. The maximum Gasteiger partial charge on any atom is 0.188 e. The van der Waals surface area contributed by atoms with Gasteiger partial charge in [0, 0.05) is 30.2 Å². The van der Waals surface area contributed by atoms with Crippen LogP contribution in [0.5, 0.6) is 11.5 Å². The second-order valence-corrected chi connectivity index (χ2v) is 8.88. The number of benzene rings is 2. The summed E-state index contributed by atoms with van der Waals surface area (Å²) in [5, 5.41) is 1.58. The summed E-state index contributed by atoms with van der Waals surface area (Å²) in [5.41, 5.74) is 0.265. The smallest absolute Gasteiger partial charge is 0.188 e. The first-order chi connectivity index (χ1) is 14.1. The molecule has 30 heavy (non-hydrogen) atoms. The molecule has 1 radical (unpaired) electrons. The molecule has 2 aromatic carbocycles. The van der Waals surface area contributed by atoms with Crippen molar-refractivity contribution in [1.82, 2.24) is 0 Å². The van der Waals surface area contributed by atoms with Crippen molar-refractivity contribution in [2.24, 2.45) is 0 Å². The van der Waals surface area contributed by atoms with Crippen molar-refractivity contribution in [3.8, 4) is 11.5 Å². The van der Waals surface area contributed by atoms with Crippen molar-refractivity contribution in [3.05, 3.63) is 52.0 Å². The first-order valence-corrected chi connectivity index (χ1v) is 12.0. The number of hydrogen-bond acceptors (Lipinski definition) is 3. The van der Waals surface area contributed by atoms with Crippen molar-refractivity contribution in [1.29, 1.82) is 0 Å². The first kappa shape index (κ1) is 27.4. The third kappa shape index (κ3) is 8.82. The summed E-state index contributed by atoms with van der Waals surface area (Å²) in [5.74, 6) is 1.47. The molecule has 2 rings (SSSR count). The molecule has 0 saturated carbocycles. The molecule has 1 unspecified atom stereocenters. The van der Waals surface area contributed by atoms with Gasteiger partial charge in [0.25, 0.3) is 0 Å². The third-order valence-corrected chi connectivity index (χ3v) is 6.20. The number of ether oxygens (including phenoxy) is 2. The molecule has 0 N–H and O–H groups in total. The fraction of sp³-hybridized carbons (Fsp3) is 0.435. The van der Waals surface area contributed by atoms with E-state index in [0.717, 1.165) is 49.6 Å². The number of carbonyl (C=O) groups excluding carboxylic acids is 1. The molecule has 0 spiro atoms. The molecule has 2 aromatic rings.